The average Bonchev–Trinajstić information content (AvgIpc) is 3.12. The van der Waals surface area contributed by atoms with Crippen LogP contribution in [0.1, 0.15) is 34.1 Å². The van der Waals surface area contributed by atoms with Crippen LogP contribution >= 0.6 is 0 Å². The number of hydrogen-bond acceptors (Lipinski definition) is 3. The van der Waals surface area contributed by atoms with Crippen LogP contribution in [-0.2, 0) is 0 Å². The standard InChI is InChI=1S/C20H20N4O/c1-13-9-10-17(11-14(13)2)18-12-19(23-22-18)20(25)24-21-15(3)16-7-5-4-6-8-16/h4-12H,1-3H3,(H,22,23)(H,24,25). The molecule has 0 bridgehead atoms. The lowest BCUT2D eigenvalue weighted by molar-refractivity contribution is 0.0950. The van der Waals surface area contributed by atoms with Crippen molar-refractivity contribution in [2.75, 3.05) is 0 Å². The van der Waals surface area contributed by atoms with E-state index in [1.807, 2.05) is 49.4 Å². The number of carbonyl (C=O) groups is 1. The third kappa shape index (κ3) is 3.83. The monoisotopic (exact) mass is 332 g/mol. The molecule has 0 radical (unpaired) electrons. The predicted molar refractivity (Wildman–Crippen MR) is 99.6 cm³/mol. The number of amides is 1. The lowest BCUT2D eigenvalue weighted by Gasteiger charge is -2.02. The number of H-pyrrole nitrogens is 1. The third-order valence-corrected chi connectivity index (χ3v) is 4.14. The minimum Gasteiger partial charge on any atom is -0.272 e. The van der Waals surface area contributed by atoms with E-state index in [2.05, 4.69) is 40.6 Å². The van der Waals surface area contributed by atoms with Crippen LogP contribution in [0.2, 0.25) is 0 Å². The summed E-state index contributed by atoms with van der Waals surface area (Å²) in [4.78, 5) is 12.3. The van der Waals surface area contributed by atoms with Gasteiger partial charge in [-0.2, -0.15) is 10.2 Å². The van der Waals surface area contributed by atoms with E-state index in [9.17, 15) is 4.79 Å². The van der Waals surface area contributed by atoms with Gasteiger partial charge in [0.1, 0.15) is 5.69 Å². The molecule has 5 nitrogen and oxygen atoms in total. The van der Waals surface area contributed by atoms with Gasteiger partial charge in [0, 0.05) is 5.56 Å². The quantitative estimate of drug-likeness (QED) is 0.563. The fraction of sp³-hybridized carbons (Fsp3) is 0.150. The fourth-order valence-corrected chi connectivity index (χ4v) is 2.43. The largest absolute Gasteiger partial charge is 0.289 e. The fourth-order valence-electron chi connectivity index (χ4n) is 2.43. The van der Waals surface area contributed by atoms with E-state index in [-0.39, 0.29) is 5.91 Å². The zero-order chi connectivity index (χ0) is 17.8. The minimum absolute atomic E-state index is 0.321. The second-order valence-corrected chi connectivity index (χ2v) is 5.97. The summed E-state index contributed by atoms with van der Waals surface area (Å²) in [5.74, 6) is -0.321. The molecule has 0 fully saturated rings. The van der Waals surface area contributed by atoms with Gasteiger partial charge >= 0.3 is 0 Å². The van der Waals surface area contributed by atoms with Gasteiger partial charge in [-0.1, -0.05) is 42.5 Å². The number of benzene rings is 2. The van der Waals surface area contributed by atoms with E-state index >= 15 is 0 Å². The second kappa shape index (κ2) is 7.13. The molecule has 0 spiro atoms. The van der Waals surface area contributed by atoms with Gasteiger partial charge in [0.2, 0.25) is 0 Å². The summed E-state index contributed by atoms with van der Waals surface area (Å²) in [6.45, 7) is 5.97. The van der Waals surface area contributed by atoms with Crippen LogP contribution in [0, 0.1) is 13.8 Å². The number of nitrogens with one attached hydrogen (secondary N) is 2. The molecule has 0 unspecified atom stereocenters. The average molecular weight is 332 g/mol. The molecule has 126 valence electrons. The molecule has 1 aromatic heterocycles. The molecule has 3 aromatic rings. The van der Waals surface area contributed by atoms with E-state index < -0.39 is 0 Å². The Labute approximate surface area is 146 Å². The van der Waals surface area contributed by atoms with Crippen molar-refractivity contribution < 1.29 is 4.79 Å². The van der Waals surface area contributed by atoms with Crippen molar-refractivity contribution in [3.8, 4) is 11.3 Å². The van der Waals surface area contributed by atoms with E-state index in [4.69, 9.17) is 0 Å². The molecule has 0 atom stereocenters. The van der Waals surface area contributed by atoms with Gasteiger partial charge in [0.25, 0.3) is 5.91 Å². The Hall–Kier alpha value is -3.21. The van der Waals surface area contributed by atoms with Crippen LogP contribution in [-0.4, -0.2) is 21.8 Å². The number of hydrazone groups is 1. The summed E-state index contributed by atoms with van der Waals surface area (Å²) in [5, 5.41) is 11.1. The smallest absolute Gasteiger partial charge is 0.272 e. The van der Waals surface area contributed by atoms with Crippen molar-refractivity contribution in [1.82, 2.24) is 15.6 Å². The van der Waals surface area contributed by atoms with Crippen LogP contribution in [0.25, 0.3) is 11.3 Å². The third-order valence-electron chi connectivity index (χ3n) is 4.14. The van der Waals surface area contributed by atoms with Crippen molar-refractivity contribution in [3.05, 3.63) is 77.0 Å². The Morgan fingerprint density at radius 1 is 1.04 bits per heavy atom. The van der Waals surface area contributed by atoms with Gasteiger partial charge < -0.3 is 0 Å². The lowest BCUT2D eigenvalue weighted by Crippen LogP contribution is -2.19. The molecule has 3 rings (SSSR count). The molecular formula is C20H20N4O. The van der Waals surface area contributed by atoms with Crippen molar-refractivity contribution >= 4 is 11.6 Å². The van der Waals surface area contributed by atoms with Crippen LogP contribution in [0.3, 0.4) is 0 Å². The Bertz CT molecular complexity index is 926. The summed E-state index contributed by atoms with van der Waals surface area (Å²) < 4.78 is 0. The first-order chi connectivity index (χ1) is 12.0. The van der Waals surface area contributed by atoms with Gasteiger partial charge in [-0.05, 0) is 49.6 Å². The SMILES string of the molecule is CC(=NNC(=O)c1cc(-c2ccc(C)c(C)c2)n[nH]1)c1ccccc1. The summed E-state index contributed by atoms with van der Waals surface area (Å²) >= 11 is 0. The molecule has 25 heavy (non-hydrogen) atoms. The van der Waals surface area contributed by atoms with E-state index in [0.29, 0.717) is 5.69 Å². The Kier molecular flexibility index (Phi) is 4.75. The molecule has 2 N–H and O–H groups in total. The minimum atomic E-state index is -0.321. The number of aromatic amines is 1. The van der Waals surface area contributed by atoms with Crippen molar-refractivity contribution in [3.63, 3.8) is 0 Å². The predicted octanol–water partition coefficient (Wildman–Crippen LogP) is 3.85. The zero-order valence-electron chi connectivity index (χ0n) is 14.5. The molecule has 0 aliphatic heterocycles. The van der Waals surface area contributed by atoms with Gasteiger partial charge in [0.15, 0.2) is 0 Å². The highest BCUT2D eigenvalue weighted by atomic mass is 16.2. The molecule has 2 aromatic carbocycles. The topological polar surface area (TPSA) is 70.1 Å². The Balaban J connectivity index is 1.73. The molecule has 0 saturated carbocycles. The van der Waals surface area contributed by atoms with E-state index in [0.717, 1.165) is 22.5 Å². The summed E-state index contributed by atoms with van der Waals surface area (Å²) in [6, 6.07) is 17.5. The van der Waals surface area contributed by atoms with Crippen LogP contribution in [0.15, 0.2) is 59.7 Å². The van der Waals surface area contributed by atoms with Gasteiger partial charge in [-0.25, -0.2) is 5.43 Å². The first-order valence-electron chi connectivity index (χ1n) is 8.07. The number of aromatic nitrogens is 2. The highest BCUT2D eigenvalue weighted by molar-refractivity contribution is 6.00. The first kappa shape index (κ1) is 16.6. The Morgan fingerprint density at radius 3 is 2.52 bits per heavy atom. The van der Waals surface area contributed by atoms with Crippen LogP contribution < -0.4 is 5.43 Å². The number of hydrogen-bond donors (Lipinski definition) is 2. The normalized spacial score (nSPS) is 11.4. The van der Waals surface area contributed by atoms with Gasteiger partial charge in [-0.3, -0.25) is 9.89 Å². The van der Waals surface area contributed by atoms with E-state index in [1.54, 1.807) is 6.07 Å². The van der Waals surface area contributed by atoms with E-state index in [1.165, 1.54) is 11.1 Å². The number of carbonyl (C=O) groups excluding carboxylic acids is 1. The molecule has 0 saturated heterocycles. The summed E-state index contributed by atoms with van der Waals surface area (Å²) in [5.41, 5.74) is 8.76. The highest BCUT2D eigenvalue weighted by Gasteiger charge is 2.11. The van der Waals surface area contributed by atoms with Crippen LogP contribution in [0.4, 0.5) is 0 Å². The van der Waals surface area contributed by atoms with Gasteiger partial charge in [0.05, 0.1) is 11.4 Å². The number of aryl methyl sites for hydroxylation is 2. The summed E-state index contributed by atoms with van der Waals surface area (Å²) in [6.07, 6.45) is 0. The molecule has 1 amide bonds. The lowest BCUT2D eigenvalue weighted by atomic mass is 10.0. The van der Waals surface area contributed by atoms with Crippen LogP contribution in [0.5, 0.6) is 0 Å². The maximum absolute atomic E-state index is 12.3. The number of nitrogens with zero attached hydrogens (tertiary/aromatic N) is 2. The van der Waals surface area contributed by atoms with Crippen molar-refractivity contribution in [2.24, 2.45) is 5.10 Å². The molecule has 1 heterocycles. The zero-order valence-corrected chi connectivity index (χ0v) is 14.5. The Morgan fingerprint density at radius 2 is 1.80 bits per heavy atom. The van der Waals surface area contributed by atoms with Crippen molar-refractivity contribution in [2.45, 2.75) is 20.8 Å². The second-order valence-electron chi connectivity index (χ2n) is 5.97. The maximum Gasteiger partial charge on any atom is 0.289 e. The maximum atomic E-state index is 12.3. The van der Waals surface area contributed by atoms with Gasteiger partial charge in [-0.15, -0.1) is 0 Å². The summed E-state index contributed by atoms with van der Waals surface area (Å²) in [7, 11) is 0. The number of rotatable bonds is 4. The molecule has 5 heteroatoms. The molecule has 0 aliphatic carbocycles. The van der Waals surface area contributed by atoms with Crippen molar-refractivity contribution in [1.29, 1.82) is 0 Å². The highest BCUT2D eigenvalue weighted by Crippen LogP contribution is 2.20. The molecule has 0 aliphatic rings. The molecular weight excluding hydrogens is 312 g/mol. The first-order valence-corrected chi connectivity index (χ1v) is 8.07.